The van der Waals surface area contributed by atoms with Crippen molar-refractivity contribution in [2.45, 2.75) is 12.8 Å². The highest BCUT2D eigenvalue weighted by atomic mass is 35.5. The van der Waals surface area contributed by atoms with Crippen LogP contribution in [-0.4, -0.2) is 15.9 Å². The SMILES string of the molecule is O=C(CCc1ncc(-c2ccccc2Cl)o1)Nc1nccs1. The van der Waals surface area contributed by atoms with Gasteiger partial charge in [-0.2, -0.15) is 0 Å². The van der Waals surface area contributed by atoms with E-state index in [1.54, 1.807) is 23.8 Å². The molecule has 0 aliphatic heterocycles. The molecule has 1 amide bonds. The Hall–Kier alpha value is -2.18. The third-order valence-corrected chi connectivity index (χ3v) is 3.96. The zero-order valence-corrected chi connectivity index (χ0v) is 13.0. The predicted octanol–water partition coefficient (Wildman–Crippen LogP) is 4.02. The van der Waals surface area contributed by atoms with Gasteiger partial charge in [0.15, 0.2) is 16.8 Å². The van der Waals surface area contributed by atoms with Crippen LogP contribution in [-0.2, 0) is 11.2 Å². The largest absolute Gasteiger partial charge is 0.441 e. The summed E-state index contributed by atoms with van der Waals surface area (Å²) in [7, 11) is 0. The number of amides is 1. The van der Waals surface area contributed by atoms with Crippen LogP contribution in [0.5, 0.6) is 0 Å². The number of carbonyl (C=O) groups is 1. The van der Waals surface area contributed by atoms with Gasteiger partial charge in [-0.25, -0.2) is 9.97 Å². The van der Waals surface area contributed by atoms with Gasteiger partial charge in [-0.3, -0.25) is 4.79 Å². The Morgan fingerprint density at radius 1 is 1.32 bits per heavy atom. The van der Waals surface area contributed by atoms with Gasteiger partial charge < -0.3 is 9.73 Å². The second kappa shape index (κ2) is 6.72. The van der Waals surface area contributed by atoms with E-state index < -0.39 is 0 Å². The Balaban J connectivity index is 1.60. The van der Waals surface area contributed by atoms with Crippen LogP contribution in [0.15, 0.2) is 46.5 Å². The van der Waals surface area contributed by atoms with E-state index in [0.717, 1.165) is 5.56 Å². The molecule has 1 N–H and O–H groups in total. The van der Waals surface area contributed by atoms with Gasteiger partial charge in [-0.1, -0.05) is 23.7 Å². The third-order valence-electron chi connectivity index (χ3n) is 2.94. The van der Waals surface area contributed by atoms with Gasteiger partial charge >= 0.3 is 0 Å². The molecule has 1 aromatic carbocycles. The maximum atomic E-state index is 11.8. The molecule has 0 radical (unpaired) electrons. The summed E-state index contributed by atoms with van der Waals surface area (Å²) in [4.78, 5) is 20.0. The van der Waals surface area contributed by atoms with E-state index in [0.29, 0.717) is 28.2 Å². The third kappa shape index (κ3) is 3.52. The van der Waals surface area contributed by atoms with E-state index in [-0.39, 0.29) is 12.3 Å². The van der Waals surface area contributed by atoms with E-state index in [9.17, 15) is 4.79 Å². The first-order chi connectivity index (χ1) is 10.7. The van der Waals surface area contributed by atoms with Gasteiger partial charge in [0.25, 0.3) is 0 Å². The van der Waals surface area contributed by atoms with E-state index in [1.165, 1.54) is 11.3 Å². The van der Waals surface area contributed by atoms with Crippen molar-refractivity contribution in [3.63, 3.8) is 0 Å². The van der Waals surface area contributed by atoms with Crippen LogP contribution in [0.4, 0.5) is 5.13 Å². The van der Waals surface area contributed by atoms with Crippen LogP contribution in [0.1, 0.15) is 12.3 Å². The number of nitrogens with one attached hydrogen (secondary N) is 1. The van der Waals surface area contributed by atoms with E-state index in [4.69, 9.17) is 16.0 Å². The zero-order valence-electron chi connectivity index (χ0n) is 11.5. The van der Waals surface area contributed by atoms with Crippen LogP contribution in [0.2, 0.25) is 5.02 Å². The normalized spacial score (nSPS) is 10.6. The Morgan fingerprint density at radius 2 is 2.18 bits per heavy atom. The minimum absolute atomic E-state index is 0.118. The quantitative estimate of drug-likeness (QED) is 0.765. The second-order valence-corrected chi connectivity index (χ2v) is 5.79. The molecule has 0 unspecified atom stereocenters. The lowest BCUT2D eigenvalue weighted by molar-refractivity contribution is -0.116. The predicted molar refractivity (Wildman–Crippen MR) is 86.0 cm³/mol. The summed E-state index contributed by atoms with van der Waals surface area (Å²) < 4.78 is 5.65. The maximum absolute atomic E-state index is 11.8. The Bertz CT molecular complexity index is 771. The highest BCUT2D eigenvalue weighted by Gasteiger charge is 2.11. The molecule has 0 atom stereocenters. The molecule has 0 saturated carbocycles. The molecule has 0 saturated heterocycles. The van der Waals surface area contributed by atoms with Crippen LogP contribution < -0.4 is 5.32 Å². The lowest BCUT2D eigenvalue weighted by Gasteiger charge is -2.00. The summed E-state index contributed by atoms with van der Waals surface area (Å²) in [5, 5.41) is 5.72. The molecule has 22 heavy (non-hydrogen) atoms. The van der Waals surface area contributed by atoms with Crippen molar-refractivity contribution in [3.05, 3.63) is 53.0 Å². The van der Waals surface area contributed by atoms with Crippen LogP contribution in [0, 0.1) is 0 Å². The molecule has 112 valence electrons. The highest BCUT2D eigenvalue weighted by molar-refractivity contribution is 7.13. The number of rotatable bonds is 5. The summed E-state index contributed by atoms with van der Waals surface area (Å²) >= 11 is 7.50. The van der Waals surface area contributed by atoms with Crippen LogP contribution in [0.25, 0.3) is 11.3 Å². The number of oxazole rings is 1. The fourth-order valence-electron chi connectivity index (χ4n) is 1.90. The zero-order chi connectivity index (χ0) is 15.4. The van der Waals surface area contributed by atoms with Gasteiger partial charge in [0.2, 0.25) is 5.91 Å². The van der Waals surface area contributed by atoms with Crippen LogP contribution >= 0.6 is 22.9 Å². The van der Waals surface area contributed by atoms with Gasteiger partial charge in [0.05, 0.1) is 11.2 Å². The van der Waals surface area contributed by atoms with E-state index >= 15 is 0 Å². The second-order valence-electron chi connectivity index (χ2n) is 4.48. The van der Waals surface area contributed by atoms with Crippen LogP contribution in [0.3, 0.4) is 0 Å². The van der Waals surface area contributed by atoms with Crippen molar-refractivity contribution < 1.29 is 9.21 Å². The van der Waals surface area contributed by atoms with Gasteiger partial charge in [0, 0.05) is 30.0 Å². The number of nitrogens with zero attached hydrogens (tertiary/aromatic N) is 2. The Kier molecular flexibility index (Phi) is 4.50. The number of benzene rings is 1. The molecule has 0 fully saturated rings. The molecule has 3 aromatic rings. The molecule has 2 heterocycles. The molecule has 5 nitrogen and oxygen atoms in total. The summed E-state index contributed by atoms with van der Waals surface area (Å²) in [6.07, 6.45) is 3.96. The first-order valence-corrected chi connectivity index (χ1v) is 7.87. The van der Waals surface area contributed by atoms with Crippen molar-refractivity contribution in [3.8, 4) is 11.3 Å². The standard InChI is InChI=1S/C15H12ClN3O2S/c16-11-4-2-1-3-10(11)12-9-18-14(21-12)6-5-13(20)19-15-17-7-8-22-15/h1-4,7-9H,5-6H2,(H,17,19,20). The topological polar surface area (TPSA) is 68.0 Å². The minimum Gasteiger partial charge on any atom is -0.441 e. The van der Waals surface area contributed by atoms with Gasteiger partial charge in [-0.05, 0) is 12.1 Å². The number of anilines is 1. The van der Waals surface area contributed by atoms with E-state index in [2.05, 4.69) is 15.3 Å². The van der Waals surface area contributed by atoms with Gasteiger partial charge in [-0.15, -0.1) is 11.3 Å². The molecule has 0 aliphatic rings. The number of thiazole rings is 1. The highest BCUT2D eigenvalue weighted by Crippen LogP contribution is 2.28. The number of carbonyl (C=O) groups excluding carboxylic acids is 1. The summed E-state index contributed by atoms with van der Waals surface area (Å²) in [6, 6.07) is 7.39. The van der Waals surface area contributed by atoms with Crippen molar-refractivity contribution in [2.75, 3.05) is 5.32 Å². The molecule has 7 heteroatoms. The lowest BCUT2D eigenvalue weighted by Crippen LogP contribution is -2.12. The number of hydrogen-bond donors (Lipinski definition) is 1. The Morgan fingerprint density at radius 3 is 2.95 bits per heavy atom. The average Bonchev–Trinajstić information content (AvgIpc) is 3.17. The summed E-state index contributed by atoms with van der Waals surface area (Å²) in [6.45, 7) is 0. The molecule has 0 bridgehead atoms. The number of aryl methyl sites for hydroxylation is 1. The first kappa shape index (κ1) is 14.7. The maximum Gasteiger partial charge on any atom is 0.226 e. The van der Waals surface area contributed by atoms with Crippen molar-refractivity contribution >= 4 is 34.0 Å². The summed E-state index contributed by atoms with van der Waals surface area (Å²) in [5.74, 6) is 0.984. The minimum atomic E-state index is -0.118. The smallest absolute Gasteiger partial charge is 0.226 e. The summed E-state index contributed by atoms with van der Waals surface area (Å²) in [5.41, 5.74) is 0.787. The fraction of sp³-hybridized carbons (Fsp3) is 0.133. The molecular formula is C15H12ClN3O2S. The molecule has 0 spiro atoms. The average molecular weight is 334 g/mol. The van der Waals surface area contributed by atoms with Crippen molar-refractivity contribution in [2.24, 2.45) is 0 Å². The number of aromatic nitrogens is 2. The van der Waals surface area contributed by atoms with E-state index in [1.807, 2.05) is 18.2 Å². The van der Waals surface area contributed by atoms with Crippen molar-refractivity contribution in [1.29, 1.82) is 0 Å². The first-order valence-electron chi connectivity index (χ1n) is 6.61. The molecule has 3 rings (SSSR count). The molecular weight excluding hydrogens is 322 g/mol. The molecule has 0 aliphatic carbocycles. The lowest BCUT2D eigenvalue weighted by atomic mass is 10.2. The fourth-order valence-corrected chi connectivity index (χ4v) is 2.67. The number of halogens is 1. The Labute approximate surface area is 136 Å². The van der Waals surface area contributed by atoms with Gasteiger partial charge in [0.1, 0.15) is 0 Å². The molecule has 2 aromatic heterocycles. The monoisotopic (exact) mass is 333 g/mol. The number of hydrogen-bond acceptors (Lipinski definition) is 5. The van der Waals surface area contributed by atoms with Crippen molar-refractivity contribution in [1.82, 2.24) is 9.97 Å².